The van der Waals surface area contributed by atoms with Gasteiger partial charge in [0.15, 0.2) is 0 Å². The van der Waals surface area contributed by atoms with Gasteiger partial charge in [-0.15, -0.1) is 0 Å². The first-order valence-corrected chi connectivity index (χ1v) is 18.6. The van der Waals surface area contributed by atoms with Crippen LogP contribution in [-0.2, 0) is 12.6 Å². The molecule has 3 heteroatoms. The highest BCUT2D eigenvalue weighted by molar-refractivity contribution is 6.78. The Bertz CT molecular complexity index is 816. The van der Waals surface area contributed by atoms with Gasteiger partial charge in [0.05, 0.1) is 14.2 Å². The van der Waals surface area contributed by atoms with E-state index in [0.29, 0.717) is 0 Å². The Morgan fingerprint density at radius 2 is 0.674 bits per heavy atom. The van der Waals surface area contributed by atoms with Crippen LogP contribution in [0, 0.1) is 0 Å². The fourth-order valence-corrected chi connectivity index (χ4v) is 7.28. The van der Waals surface area contributed by atoms with Crippen LogP contribution in [-0.4, -0.2) is 20.4 Å². The summed E-state index contributed by atoms with van der Waals surface area (Å²) in [5.74, 6) is 1.92. The Kier molecular flexibility index (Phi) is 21.2. The van der Waals surface area contributed by atoms with Crippen molar-refractivity contribution in [3.8, 4) is 11.5 Å². The molecule has 0 aliphatic carbocycles. The first kappa shape index (κ1) is 37.3. The van der Waals surface area contributed by atoms with Crippen LogP contribution in [0.3, 0.4) is 0 Å². The molecule has 0 amide bonds. The Hall–Kier alpha value is -1.90. The fourth-order valence-electron chi connectivity index (χ4n) is 7.28. The summed E-state index contributed by atoms with van der Waals surface area (Å²) in [4.78, 5) is 0. The molecular weight excluding hydrogens is 523 g/mol. The van der Waals surface area contributed by atoms with Crippen LogP contribution in [0.5, 0.6) is 11.5 Å². The van der Waals surface area contributed by atoms with Crippen LogP contribution in [0.1, 0.15) is 153 Å². The van der Waals surface area contributed by atoms with Crippen molar-refractivity contribution in [2.75, 3.05) is 14.2 Å². The number of hydrogen-bond donors (Lipinski definition) is 0. The summed E-state index contributed by atoms with van der Waals surface area (Å²) >= 11 is 0. The SMILES string of the molecule is CCCCCCCCCCCC[B-](CCCCCCCCCCCC)(Cc1ccc(OC)cc1)Cc1ccc(OC)cc1. The highest BCUT2D eigenvalue weighted by Crippen LogP contribution is 2.32. The van der Waals surface area contributed by atoms with Crippen molar-refractivity contribution in [3.63, 3.8) is 0 Å². The summed E-state index contributed by atoms with van der Waals surface area (Å²) in [7, 11) is 3.53. The Morgan fingerprint density at radius 1 is 0.395 bits per heavy atom. The van der Waals surface area contributed by atoms with Gasteiger partial charge in [-0.2, -0.15) is 25.3 Å². The second-order valence-electron chi connectivity index (χ2n) is 13.8. The summed E-state index contributed by atoms with van der Waals surface area (Å²) in [5.41, 5.74) is 2.96. The van der Waals surface area contributed by atoms with Crippen molar-refractivity contribution >= 4 is 6.15 Å². The molecule has 0 saturated heterocycles. The average molecular weight is 592 g/mol. The first-order chi connectivity index (χ1) is 21.1. The highest BCUT2D eigenvalue weighted by Gasteiger charge is 2.25. The largest absolute Gasteiger partial charge is 0.497 e. The monoisotopic (exact) mass is 592 g/mol. The third kappa shape index (κ3) is 17.2. The molecule has 0 aliphatic rings. The molecule has 0 aliphatic heterocycles. The molecule has 0 aromatic heterocycles. The van der Waals surface area contributed by atoms with E-state index in [1.807, 2.05) is 0 Å². The number of unbranched alkanes of at least 4 members (excludes halogenated alkanes) is 18. The minimum atomic E-state index is -0.555. The van der Waals surface area contributed by atoms with E-state index in [4.69, 9.17) is 9.47 Å². The van der Waals surface area contributed by atoms with Crippen LogP contribution >= 0.6 is 0 Å². The molecule has 0 radical (unpaired) electrons. The Labute approximate surface area is 268 Å². The Balaban J connectivity index is 2.01. The molecule has 0 N–H and O–H groups in total. The van der Waals surface area contributed by atoms with Crippen molar-refractivity contribution in [3.05, 3.63) is 59.7 Å². The smallest absolute Gasteiger partial charge is 0.118 e. The zero-order valence-electron chi connectivity index (χ0n) is 29.0. The lowest BCUT2D eigenvalue weighted by Crippen LogP contribution is -2.40. The fraction of sp³-hybridized carbons (Fsp3) is 0.700. The maximum absolute atomic E-state index is 5.49. The zero-order chi connectivity index (χ0) is 30.9. The van der Waals surface area contributed by atoms with Crippen LogP contribution in [0.2, 0.25) is 12.6 Å². The normalized spacial score (nSPS) is 11.6. The van der Waals surface area contributed by atoms with E-state index in [2.05, 4.69) is 62.4 Å². The lowest BCUT2D eigenvalue weighted by atomic mass is 9.17. The molecule has 0 unspecified atom stereocenters. The molecule has 2 nitrogen and oxygen atoms in total. The maximum atomic E-state index is 5.49. The lowest BCUT2D eigenvalue weighted by Gasteiger charge is -2.41. The molecular formula is C40H68BO2-. The van der Waals surface area contributed by atoms with Crippen LogP contribution < -0.4 is 9.47 Å². The molecule has 0 saturated carbocycles. The van der Waals surface area contributed by atoms with Gasteiger partial charge in [0.2, 0.25) is 0 Å². The van der Waals surface area contributed by atoms with Crippen LogP contribution in [0.25, 0.3) is 0 Å². The third-order valence-electron chi connectivity index (χ3n) is 10.00. The van der Waals surface area contributed by atoms with Gasteiger partial charge in [-0.25, -0.2) is 0 Å². The van der Waals surface area contributed by atoms with Crippen LogP contribution in [0.15, 0.2) is 48.5 Å². The van der Waals surface area contributed by atoms with E-state index in [-0.39, 0.29) is 0 Å². The van der Waals surface area contributed by atoms with Crippen molar-refractivity contribution in [1.29, 1.82) is 0 Å². The molecule has 2 aromatic carbocycles. The first-order valence-electron chi connectivity index (χ1n) is 18.6. The number of methoxy groups -OCH3 is 2. The van der Waals surface area contributed by atoms with Gasteiger partial charge in [0.25, 0.3) is 0 Å². The van der Waals surface area contributed by atoms with Crippen molar-refractivity contribution < 1.29 is 9.47 Å². The minimum absolute atomic E-state index is 0.555. The van der Waals surface area contributed by atoms with E-state index < -0.39 is 6.15 Å². The third-order valence-corrected chi connectivity index (χ3v) is 10.00. The highest BCUT2D eigenvalue weighted by atomic mass is 16.5. The number of ether oxygens (including phenoxy) is 2. The molecule has 0 spiro atoms. The van der Waals surface area contributed by atoms with E-state index >= 15 is 0 Å². The molecule has 244 valence electrons. The summed E-state index contributed by atoms with van der Waals surface area (Å²) in [6.45, 7) is 4.61. The van der Waals surface area contributed by atoms with Crippen molar-refractivity contribution in [2.45, 2.75) is 168 Å². The van der Waals surface area contributed by atoms with Crippen LogP contribution in [0.4, 0.5) is 0 Å². The molecule has 2 rings (SSSR count). The Morgan fingerprint density at radius 3 is 0.953 bits per heavy atom. The van der Waals surface area contributed by atoms with Gasteiger partial charge in [-0.3, -0.25) is 0 Å². The molecule has 0 bridgehead atoms. The van der Waals surface area contributed by atoms with Gasteiger partial charge in [0.1, 0.15) is 11.5 Å². The summed E-state index contributed by atoms with van der Waals surface area (Å²) < 4.78 is 11.0. The predicted molar refractivity (Wildman–Crippen MR) is 192 cm³/mol. The second kappa shape index (κ2) is 24.4. The second-order valence-corrected chi connectivity index (χ2v) is 13.8. The van der Waals surface area contributed by atoms with Crippen molar-refractivity contribution in [1.82, 2.24) is 0 Å². The molecule has 43 heavy (non-hydrogen) atoms. The van der Waals surface area contributed by atoms with E-state index in [1.165, 1.54) is 165 Å². The predicted octanol–water partition coefficient (Wildman–Crippen LogP) is 12.9. The lowest BCUT2D eigenvalue weighted by molar-refractivity contribution is 0.414. The summed E-state index contributed by atoms with van der Waals surface area (Å²) in [6.07, 6.45) is 32.8. The summed E-state index contributed by atoms with van der Waals surface area (Å²) in [6, 6.07) is 17.9. The maximum Gasteiger partial charge on any atom is 0.118 e. The summed E-state index contributed by atoms with van der Waals surface area (Å²) in [5, 5.41) is 0. The average Bonchev–Trinajstić information content (AvgIpc) is 3.03. The molecule has 0 heterocycles. The number of benzene rings is 2. The van der Waals surface area contributed by atoms with Gasteiger partial charge >= 0.3 is 0 Å². The van der Waals surface area contributed by atoms with Gasteiger partial charge in [-0.1, -0.05) is 178 Å². The van der Waals surface area contributed by atoms with E-state index in [9.17, 15) is 0 Å². The molecule has 2 aromatic rings. The number of hydrogen-bond acceptors (Lipinski definition) is 2. The zero-order valence-corrected chi connectivity index (χ0v) is 29.0. The number of rotatable bonds is 28. The van der Waals surface area contributed by atoms with E-state index in [0.717, 1.165) is 11.5 Å². The standard InChI is InChI=1S/C40H68BO2/c1-5-7-9-11-13-15-17-19-21-23-33-41(35-37-25-29-39(42-3)30-26-37,36-38-27-31-40(43-4)32-28-38)34-24-22-20-18-16-14-12-10-8-6-2/h25-32H,5-24,33-36H2,1-4H3/q-1. The van der Waals surface area contributed by atoms with Crippen molar-refractivity contribution in [2.24, 2.45) is 0 Å². The molecule has 0 atom stereocenters. The molecule has 0 fully saturated rings. The van der Waals surface area contributed by atoms with Gasteiger partial charge in [-0.05, 0) is 24.3 Å². The van der Waals surface area contributed by atoms with Gasteiger partial charge < -0.3 is 9.47 Å². The topological polar surface area (TPSA) is 18.5 Å². The quantitative estimate of drug-likeness (QED) is 0.0724. The van der Waals surface area contributed by atoms with Gasteiger partial charge in [0, 0.05) is 6.15 Å². The minimum Gasteiger partial charge on any atom is -0.497 e. The van der Waals surface area contributed by atoms with E-state index in [1.54, 1.807) is 14.2 Å².